The second-order valence-corrected chi connectivity index (χ2v) is 5.17. The fraction of sp³-hybridized carbons (Fsp3) is 0.214. The molecule has 0 amide bonds. The molecular weight excluding hydrogens is 260 g/mol. The van der Waals surface area contributed by atoms with Crippen LogP contribution >= 0.6 is 11.6 Å². The molecule has 5 heteroatoms. The van der Waals surface area contributed by atoms with Crippen LogP contribution in [0.3, 0.4) is 0 Å². The monoisotopic (exact) mass is 270 g/mol. The molecule has 1 fully saturated rings. The Kier molecular flexibility index (Phi) is 2.32. The molecule has 1 aliphatic carbocycles. The van der Waals surface area contributed by atoms with E-state index in [1.54, 1.807) is 12.4 Å². The van der Waals surface area contributed by atoms with Gasteiger partial charge in [0.15, 0.2) is 0 Å². The number of hydrogen-bond donors (Lipinski definition) is 0. The van der Waals surface area contributed by atoms with Gasteiger partial charge in [0.2, 0.25) is 0 Å². The van der Waals surface area contributed by atoms with Crippen molar-refractivity contribution in [3.05, 3.63) is 47.6 Å². The summed E-state index contributed by atoms with van der Waals surface area (Å²) in [7, 11) is 0. The summed E-state index contributed by atoms with van der Waals surface area (Å²) in [4.78, 5) is 13.3. The zero-order valence-electron chi connectivity index (χ0n) is 10.1. The zero-order chi connectivity index (χ0) is 12.8. The number of nitrogens with zero attached hydrogens (tertiary/aromatic N) is 4. The first-order valence-electron chi connectivity index (χ1n) is 6.28. The van der Waals surface area contributed by atoms with Gasteiger partial charge >= 0.3 is 0 Å². The van der Waals surface area contributed by atoms with Crippen LogP contribution in [0.2, 0.25) is 5.15 Å². The van der Waals surface area contributed by atoms with Gasteiger partial charge in [-0.15, -0.1) is 0 Å². The van der Waals surface area contributed by atoms with Gasteiger partial charge in [-0.1, -0.05) is 23.7 Å². The van der Waals surface area contributed by atoms with Gasteiger partial charge < -0.3 is 0 Å². The van der Waals surface area contributed by atoms with Gasteiger partial charge in [0.1, 0.15) is 23.1 Å². The third-order valence-corrected chi connectivity index (χ3v) is 3.54. The molecule has 0 aliphatic heterocycles. The summed E-state index contributed by atoms with van der Waals surface area (Å²) in [6, 6.07) is 9.75. The number of aromatic nitrogens is 4. The molecule has 4 nitrogen and oxygen atoms in total. The van der Waals surface area contributed by atoms with Crippen LogP contribution in [0.5, 0.6) is 0 Å². The third-order valence-electron chi connectivity index (χ3n) is 3.34. The lowest BCUT2D eigenvalue weighted by molar-refractivity contribution is 0.887. The number of para-hydroxylation sites is 2. The molecule has 4 rings (SSSR count). The Bertz CT molecular complexity index is 761. The van der Waals surface area contributed by atoms with Crippen LogP contribution in [0.15, 0.2) is 36.7 Å². The van der Waals surface area contributed by atoms with Gasteiger partial charge in [-0.3, -0.25) is 4.57 Å². The molecule has 0 saturated heterocycles. The molecule has 0 radical (unpaired) electrons. The average Bonchev–Trinajstić information content (AvgIpc) is 3.18. The number of hydrogen-bond acceptors (Lipinski definition) is 3. The summed E-state index contributed by atoms with van der Waals surface area (Å²) in [6.07, 6.45) is 4.09. The minimum atomic E-state index is 0.479. The van der Waals surface area contributed by atoms with Gasteiger partial charge in [-0.2, -0.15) is 0 Å². The van der Waals surface area contributed by atoms with Gasteiger partial charge in [0.25, 0.3) is 0 Å². The van der Waals surface area contributed by atoms with Crippen molar-refractivity contribution in [3.8, 4) is 5.82 Å². The minimum Gasteiger partial charge on any atom is -0.283 e. The highest BCUT2D eigenvalue weighted by molar-refractivity contribution is 6.29. The van der Waals surface area contributed by atoms with Crippen molar-refractivity contribution in [2.24, 2.45) is 0 Å². The maximum absolute atomic E-state index is 6.11. The van der Waals surface area contributed by atoms with Crippen molar-refractivity contribution in [2.45, 2.75) is 18.8 Å². The summed E-state index contributed by atoms with van der Waals surface area (Å²) in [5, 5.41) is 0.490. The van der Waals surface area contributed by atoms with Crippen LogP contribution in [0.1, 0.15) is 24.6 Å². The van der Waals surface area contributed by atoms with Gasteiger partial charge in [0, 0.05) is 12.0 Å². The maximum Gasteiger partial charge on any atom is 0.143 e. The first-order chi connectivity index (χ1) is 9.31. The molecule has 3 aromatic rings. The lowest BCUT2D eigenvalue weighted by Gasteiger charge is -2.06. The maximum atomic E-state index is 6.11. The van der Waals surface area contributed by atoms with Gasteiger partial charge in [-0.25, -0.2) is 15.0 Å². The van der Waals surface area contributed by atoms with E-state index in [2.05, 4.69) is 15.0 Å². The van der Waals surface area contributed by atoms with E-state index in [0.717, 1.165) is 35.5 Å². The van der Waals surface area contributed by atoms with E-state index in [-0.39, 0.29) is 0 Å². The molecule has 2 aromatic heterocycles. The van der Waals surface area contributed by atoms with E-state index in [1.807, 2.05) is 28.8 Å². The zero-order valence-corrected chi connectivity index (χ0v) is 10.9. The molecule has 0 N–H and O–H groups in total. The Morgan fingerprint density at radius 1 is 1.16 bits per heavy atom. The molecule has 0 bridgehead atoms. The van der Waals surface area contributed by atoms with Gasteiger partial charge in [0.05, 0.1) is 11.0 Å². The Morgan fingerprint density at radius 3 is 2.84 bits per heavy atom. The Morgan fingerprint density at radius 2 is 2.00 bits per heavy atom. The number of fused-ring (bicyclic) bond motifs is 1. The highest BCUT2D eigenvalue weighted by Crippen LogP contribution is 2.38. The quantitative estimate of drug-likeness (QED) is 0.671. The highest BCUT2D eigenvalue weighted by Gasteiger charge is 2.27. The lowest BCUT2D eigenvalue weighted by atomic mass is 10.3. The summed E-state index contributed by atoms with van der Waals surface area (Å²) in [5.41, 5.74) is 1.98. The lowest BCUT2D eigenvalue weighted by Crippen LogP contribution is -2.01. The van der Waals surface area contributed by atoms with Crippen molar-refractivity contribution < 1.29 is 0 Å². The van der Waals surface area contributed by atoms with E-state index in [1.165, 1.54) is 0 Å². The summed E-state index contributed by atoms with van der Waals surface area (Å²) in [5.74, 6) is 2.11. The molecule has 1 aromatic carbocycles. The Hall–Kier alpha value is -1.94. The predicted molar refractivity (Wildman–Crippen MR) is 73.6 cm³/mol. The fourth-order valence-corrected chi connectivity index (χ4v) is 2.40. The molecule has 2 heterocycles. The van der Waals surface area contributed by atoms with Gasteiger partial charge in [-0.05, 0) is 25.0 Å². The van der Waals surface area contributed by atoms with Crippen molar-refractivity contribution in [3.63, 3.8) is 0 Å². The second kappa shape index (κ2) is 4.03. The second-order valence-electron chi connectivity index (χ2n) is 4.78. The summed E-state index contributed by atoms with van der Waals surface area (Å²) in [6.45, 7) is 0. The largest absolute Gasteiger partial charge is 0.283 e. The highest BCUT2D eigenvalue weighted by atomic mass is 35.5. The molecule has 1 saturated carbocycles. The molecule has 0 atom stereocenters. The first-order valence-corrected chi connectivity index (χ1v) is 6.66. The molecular formula is C14H11ClN4. The van der Waals surface area contributed by atoms with Crippen LogP contribution in [-0.4, -0.2) is 19.5 Å². The SMILES string of the molecule is Clc1cc(-n2cnc3ccccc32)nc(C2CC2)n1. The molecule has 19 heavy (non-hydrogen) atoms. The van der Waals surface area contributed by atoms with Crippen LogP contribution in [0.25, 0.3) is 16.9 Å². The van der Waals surface area contributed by atoms with E-state index in [0.29, 0.717) is 11.1 Å². The molecule has 0 spiro atoms. The van der Waals surface area contributed by atoms with E-state index in [4.69, 9.17) is 11.6 Å². The minimum absolute atomic E-state index is 0.479. The van der Waals surface area contributed by atoms with E-state index >= 15 is 0 Å². The summed E-state index contributed by atoms with van der Waals surface area (Å²) >= 11 is 6.11. The standard InChI is InChI=1S/C14H11ClN4/c15-12-7-13(18-14(17-12)9-5-6-9)19-8-16-10-3-1-2-4-11(10)19/h1-4,7-9H,5-6H2. The number of halogens is 1. The summed E-state index contributed by atoms with van der Waals surface area (Å²) < 4.78 is 1.95. The van der Waals surface area contributed by atoms with Crippen LogP contribution in [0.4, 0.5) is 0 Å². The predicted octanol–water partition coefficient (Wildman–Crippen LogP) is 3.35. The van der Waals surface area contributed by atoms with E-state index < -0.39 is 0 Å². The molecule has 1 aliphatic rings. The van der Waals surface area contributed by atoms with Crippen LogP contribution < -0.4 is 0 Å². The van der Waals surface area contributed by atoms with Crippen LogP contribution in [0, 0.1) is 0 Å². The van der Waals surface area contributed by atoms with Crippen molar-refractivity contribution in [1.29, 1.82) is 0 Å². The average molecular weight is 271 g/mol. The van der Waals surface area contributed by atoms with Crippen molar-refractivity contribution in [2.75, 3.05) is 0 Å². The molecule has 94 valence electrons. The smallest absolute Gasteiger partial charge is 0.143 e. The number of benzene rings is 1. The number of imidazole rings is 1. The topological polar surface area (TPSA) is 43.6 Å². The normalized spacial score (nSPS) is 15.0. The fourth-order valence-electron chi connectivity index (χ4n) is 2.21. The number of rotatable bonds is 2. The third kappa shape index (κ3) is 1.88. The Balaban J connectivity index is 1.91. The van der Waals surface area contributed by atoms with Crippen molar-refractivity contribution in [1.82, 2.24) is 19.5 Å². The molecule has 0 unspecified atom stereocenters. The first kappa shape index (κ1) is 10.9. The Labute approximate surface area is 115 Å². The van der Waals surface area contributed by atoms with Crippen molar-refractivity contribution >= 4 is 22.6 Å². The van der Waals surface area contributed by atoms with Crippen LogP contribution in [-0.2, 0) is 0 Å². The van der Waals surface area contributed by atoms with E-state index in [9.17, 15) is 0 Å².